The molecule has 64 valence electrons. The zero-order valence-electron chi connectivity index (χ0n) is 6.96. The van der Waals surface area contributed by atoms with Crippen LogP contribution >= 0.6 is 0 Å². The molecule has 0 spiro atoms. The first-order valence-corrected chi connectivity index (χ1v) is 4.31. The molecule has 1 aromatic rings. The summed E-state index contributed by atoms with van der Waals surface area (Å²) in [6.45, 7) is 1.10. The highest BCUT2D eigenvalue weighted by molar-refractivity contribution is 5.38. The monoisotopic (exact) mass is 163 g/mol. The lowest BCUT2D eigenvalue weighted by Crippen LogP contribution is -2.14. The van der Waals surface area contributed by atoms with Crippen molar-refractivity contribution in [3.63, 3.8) is 0 Å². The largest absolute Gasteiger partial charge is 0.399 e. The number of pyridine rings is 1. The van der Waals surface area contributed by atoms with Gasteiger partial charge in [-0.15, -0.1) is 0 Å². The minimum atomic E-state index is 0.425. The zero-order valence-corrected chi connectivity index (χ0v) is 6.96. The molecule has 2 rings (SSSR count). The summed E-state index contributed by atoms with van der Waals surface area (Å²) < 4.78 is 0. The van der Waals surface area contributed by atoms with Gasteiger partial charge in [0.05, 0.1) is 5.69 Å². The highest BCUT2D eigenvalue weighted by Gasteiger charge is 2.16. The van der Waals surface area contributed by atoms with Crippen LogP contribution in [0.3, 0.4) is 0 Å². The molecule has 0 aromatic carbocycles. The van der Waals surface area contributed by atoms with Crippen LogP contribution in [0, 0.1) is 0 Å². The van der Waals surface area contributed by atoms with Gasteiger partial charge in [0.1, 0.15) is 0 Å². The van der Waals surface area contributed by atoms with Crippen molar-refractivity contribution in [1.29, 1.82) is 0 Å². The van der Waals surface area contributed by atoms with E-state index in [9.17, 15) is 0 Å². The second kappa shape index (κ2) is 3.11. The van der Waals surface area contributed by atoms with Gasteiger partial charge >= 0.3 is 0 Å². The van der Waals surface area contributed by atoms with Crippen LogP contribution in [0.25, 0.3) is 0 Å². The molecule has 12 heavy (non-hydrogen) atoms. The highest BCUT2D eigenvalue weighted by Crippen LogP contribution is 2.21. The Balaban J connectivity index is 2.21. The minimum Gasteiger partial charge on any atom is -0.399 e. The number of aromatic nitrogens is 1. The average Bonchev–Trinajstić information content (AvgIpc) is 2.56. The highest BCUT2D eigenvalue weighted by atomic mass is 15.0. The van der Waals surface area contributed by atoms with Gasteiger partial charge in [-0.25, -0.2) is 0 Å². The molecule has 0 amide bonds. The Morgan fingerprint density at radius 1 is 1.58 bits per heavy atom. The van der Waals surface area contributed by atoms with Gasteiger partial charge in [-0.1, -0.05) is 0 Å². The molecule has 0 bridgehead atoms. The van der Waals surface area contributed by atoms with Gasteiger partial charge in [0.2, 0.25) is 0 Å². The van der Waals surface area contributed by atoms with Crippen molar-refractivity contribution in [2.45, 2.75) is 18.9 Å². The van der Waals surface area contributed by atoms with Crippen LogP contribution < -0.4 is 11.1 Å². The Morgan fingerprint density at radius 3 is 3.17 bits per heavy atom. The smallest absolute Gasteiger partial charge is 0.0593 e. The number of nitrogens with two attached hydrogens (primary N) is 1. The zero-order chi connectivity index (χ0) is 8.39. The van der Waals surface area contributed by atoms with Crippen LogP contribution in [0.4, 0.5) is 5.69 Å². The summed E-state index contributed by atoms with van der Waals surface area (Å²) in [4.78, 5) is 4.28. The van der Waals surface area contributed by atoms with E-state index in [-0.39, 0.29) is 0 Å². The number of rotatable bonds is 1. The fourth-order valence-corrected chi connectivity index (χ4v) is 1.59. The molecule has 0 unspecified atom stereocenters. The van der Waals surface area contributed by atoms with Crippen molar-refractivity contribution in [2.24, 2.45) is 0 Å². The number of nitrogens with zero attached hydrogens (tertiary/aromatic N) is 1. The maximum atomic E-state index is 5.66. The van der Waals surface area contributed by atoms with Crippen LogP contribution in [0.2, 0.25) is 0 Å². The fraction of sp³-hybridized carbons (Fsp3) is 0.444. The molecule has 1 fully saturated rings. The molecular formula is C9H13N3. The van der Waals surface area contributed by atoms with E-state index < -0.39 is 0 Å². The Morgan fingerprint density at radius 2 is 2.50 bits per heavy atom. The van der Waals surface area contributed by atoms with Crippen molar-refractivity contribution in [3.8, 4) is 0 Å². The summed E-state index contributed by atoms with van der Waals surface area (Å²) >= 11 is 0. The molecule has 3 N–H and O–H groups in total. The number of anilines is 1. The second-order valence-corrected chi connectivity index (χ2v) is 3.16. The van der Waals surface area contributed by atoms with Crippen LogP contribution in [0.5, 0.6) is 0 Å². The van der Waals surface area contributed by atoms with Gasteiger partial charge in [-0.05, 0) is 31.5 Å². The minimum absolute atomic E-state index is 0.425. The first-order valence-electron chi connectivity index (χ1n) is 4.31. The van der Waals surface area contributed by atoms with Crippen molar-refractivity contribution in [1.82, 2.24) is 10.3 Å². The Hall–Kier alpha value is -1.09. The Labute approximate surface area is 72.0 Å². The van der Waals surface area contributed by atoms with E-state index in [2.05, 4.69) is 10.3 Å². The van der Waals surface area contributed by atoms with E-state index in [1.165, 1.54) is 12.8 Å². The average molecular weight is 163 g/mol. The van der Waals surface area contributed by atoms with Gasteiger partial charge in [-0.3, -0.25) is 4.98 Å². The lowest BCUT2D eigenvalue weighted by molar-refractivity contribution is 0.628. The van der Waals surface area contributed by atoms with E-state index in [0.29, 0.717) is 6.04 Å². The van der Waals surface area contributed by atoms with Crippen molar-refractivity contribution < 1.29 is 0 Å². The SMILES string of the molecule is Nc1ccnc([C@@H]2CCCN2)c1. The standard InChI is InChI=1S/C9H13N3/c10-7-3-5-12-9(6-7)8-2-1-4-11-8/h3,5-6,8,11H,1-2,4H2,(H2,10,12)/t8-/m0/s1. The van der Waals surface area contributed by atoms with Crippen LogP contribution in [0.15, 0.2) is 18.3 Å². The molecule has 0 radical (unpaired) electrons. The first kappa shape index (κ1) is 7.55. The predicted octanol–water partition coefficient (Wildman–Crippen LogP) is 1.09. The fourth-order valence-electron chi connectivity index (χ4n) is 1.59. The third kappa shape index (κ3) is 1.41. The van der Waals surface area contributed by atoms with E-state index in [1.807, 2.05) is 12.1 Å². The van der Waals surface area contributed by atoms with Gasteiger partial charge in [0, 0.05) is 17.9 Å². The summed E-state index contributed by atoms with van der Waals surface area (Å²) in [5.41, 5.74) is 7.53. The van der Waals surface area contributed by atoms with E-state index in [0.717, 1.165) is 17.9 Å². The van der Waals surface area contributed by atoms with Crippen molar-refractivity contribution in [2.75, 3.05) is 12.3 Å². The topological polar surface area (TPSA) is 50.9 Å². The number of nitrogen functional groups attached to an aromatic ring is 1. The molecule has 0 saturated carbocycles. The summed E-state index contributed by atoms with van der Waals surface area (Å²) in [6, 6.07) is 4.19. The van der Waals surface area contributed by atoms with E-state index >= 15 is 0 Å². The second-order valence-electron chi connectivity index (χ2n) is 3.16. The van der Waals surface area contributed by atoms with Gasteiger partial charge in [-0.2, -0.15) is 0 Å². The summed E-state index contributed by atoms with van der Waals surface area (Å²) in [7, 11) is 0. The molecule has 1 aliphatic heterocycles. The molecule has 1 atom stereocenters. The van der Waals surface area contributed by atoms with Crippen LogP contribution in [-0.4, -0.2) is 11.5 Å². The van der Waals surface area contributed by atoms with Crippen molar-refractivity contribution >= 4 is 5.69 Å². The maximum Gasteiger partial charge on any atom is 0.0593 e. The number of nitrogens with one attached hydrogen (secondary N) is 1. The lowest BCUT2D eigenvalue weighted by atomic mass is 10.1. The molecule has 1 saturated heterocycles. The molecule has 3 heteroatoms. The van der Waals surface area contributed by atoms with E-state index in [1.54, 1.807) is 6.20 Å². The van der Waals surface area contributed by atoms with Crippen LogP contribution in [-0.2, 0) is 0 Å². The van der Waals surface area contributed by atoms with Gasteiger partial charge in [0.25, 0.3) is 0 Å². The maximum absolute atomic E-state index is 5.66. The molecule has 0 aliphatic carbocycles. The van der Waals surface area contributed by atoms with E-state index in [4.69, 9.17) is 5.73 Å². The summed E-state index contributed by atoms with van der Waals surface area (Å²) in [5.74, 6) is 0. The Kier molecular flexibility index (Phi) is 1.96. The number of hydrogen-bond acceptors (Lipinski definition) is 3. The van der Waals surface area contributed by atoms with Crippen LogP contribution in [0.1, 0.15) is 24.6 Å². The summed E-state index contributed by atoms with van der Waals surface area (Å²) in [5, 5.41) is 3.38. The quantitative estimate of drug-likeness (QED) is 0.651. The summed E-state index contributed by atoms with van der Waals surface area (Å²) in [6.07, 6.45) is 4.18. The third-order valence-corrected chi connectivity index (χ3v) is 2.22. The lowest BCUT2D eigenvalue weighted by Gasteiger charge is -2.08. The molecule has 1 aromatic heterocycles. The van der Waals surface area contributed by atoms with Gasteiger partial charge in [0.15, 0.2) is 0 Å². The first-order chi connectivity index (χ1) is 5.86. The predicted molar refractivity (Wildman–Crippen MR) is 48.6 cm³/mol. The molecule has 2 heterocycles. The molecule has 1 aliphatic rings. The number of hydrogen-bond donors (Lipinski definition) is 2. The molecular weight excluding hydrogens is 150 g/mol. The normalized spacial score (nSPS) is 22.8. The Bertz CT molecular complexity index is 266. The van der Waals surface area contributed by atoms with Crippen molar-refractivity contribution in [3.05, 3.63) is 24.0 Å². The third-order valence-electron chi connectivity index (χ3n) is 2.22. The van der Waals surface area contributed by atoms with Gasteiger partial charge < -0.3 is 11.1 Å². The molecule has 3 nitrogen and oxygen atoms in total.